The fourth-order valence-corrected chi connectivity index (χ4v) is 1.01. The Labute approximate surface area is 87.9 Å². The third-order valence-electron chi connectivity index (χ3n) is 1.54. The smallest absolute Gasteiger partial charge is 0.220 e. The average Bonchev–Trinajstić information content (AvgIpc) is 2.00. The van der Waals surface area contributed by atoms with E-state index in [-0.39, 0.29) is 11.9 Å². The van der Waals surface area contributed by atoms with Crippen molar-refractivity contribution in [2.75, 3.05) is 6.54 Å². The van der Waals surface area contributed by atoms with Crippen LogP contribution in [-0.2, 0) is 4.79 Å². The zero-order chi connectivity index (χ0) is 10.3. The van der Waals surface area contributed by atoms with Crippen LogP contribution in [0, 0.1) is 0 Å². The monoisotopic (exact) mass is 248 g/mol. The second kappa shape index (κ2) is 7.09. The standard InChI is InChI=1S/C9H17BrN2O/c1-7(10)6-12-9(13)5-3-4-8(2)11/h8H,1,3-6,11H2,2H3,(H,12,13). The highest BCUT2D eigenvalue weighted by molar-refractivity contribution is 9.11. The van der Waals surface area contributed by atoms with E-state index in [1.807, 2.05) is 6.92 Å². The molecule has 0 spiro atoms. The summed E-state index contributed by atoms with van der Waals surface area (Å²) >= 11 is 3.17. The van der Waals surface area contributed by atoms with Crippen molar-refractivity contribution < 1.29 is 4.79 Å². The summed E-state index contributed by atoms with van der Waals surface area (Å²) in [6.45, 7) is 6.06. The van der Waals surface area contributed by atoms with E-state index in [4.69, 9.17) is 5.73 Å². The average molecular weight is 249 g/mol. The molecule has 0 saturated heterocycles. The lowest BCUT2D eigenvalue weighted by atomic mass is 10.1. The fraction of sp³-hybridized carbons (Fsp3) is 0.667. The van der Waals surface area contributed by atoms with Crippen LogP contribution in [0.1, 0.15) is 26.2 Å². The Balaban J connectivity index is 3.36. The van der Waals surface area contributed by atoms with Gasteiger partial charge >= 0.3 is 0 Å². The van der Waals surface area contributed by atoms with Gasteiger partial charge in [0.15, 0.2) is 0 Å². The van der Waals surface area contributed by atoms with Gasteiger partial charge in [-0.05, 0) is 19.8 Å². The molecule has 0 aromatic heterocycles. The Kier molecular flexibility index (Phi) is 6.90. The molecular formula is C9H17BrN2O. The predicted molar refractivity (Wildman–Crippen MR) is 58.6 cm³/mol. The lowest BCUT2D eigenvalue weighted by molar-refractivity contribution is -0.121. The van der Waals surface area contributed by atoms with Crippen molar-refractivity contribution in [1.29, 1.82) is 0 Å². The third-order valence-corrected chi connectivity index (χ3v) is 1.82. The first-order chi connectivity index (χ1) is 6.02. The quantitative estimate of drug-likeness (QED) is 0.750. The number of carbonyl (C=O) groups is 1. The number of hydrogen-bond donors (Lipinski definition) is 2. The molecule has 4 heteroatoms. The summed E-state index contributed by atoms with van der Waals surface area (Å²) in [7, 11) is 0. The van der Waals surface area contributed by atoms with Gasteiger partial charge in [-0.3, -0.25) is 4.79 Å². The number of nitrogens with two attached hydrogens (primary N) is 1. The molecule has 0 bridgehead atoms. The molecule has 3 nitrogen and oxygen atoms in total. The first-order valence-corrected chi connectivity index (χ1v) is 5.17. The van der Waals surface area contributed by atoms with Crippen LogP contribution >= 0.6 is 15.9 Å². The van der Waals surface area contributed by atoms with Crippen LogP contribution in [0.15, 0.2) is 11.1 Å². The molecule has 1 atom stereocenters. The van der Waals surface area contributed by atoms with Crippen LogP contribution in [0.25, 0.3) is 0 Å². The molecule has 0 aliphatic heterocycles. The van der Waals surface area contributed by atoms with Crippen LogP contribution in [-0.4, -0.2) is 18.5 Å². The Morgan fingerprint density at radius 2 is 2.31 bits per heavy atom. The highest BCUT2D eigenvalue weighted by Crippen LogP contribution is 2.00. The summed E-state index contributed by atoms with van der Waals surface area (Å²) in [5, 5.41) is 2.73. The minimum atomic E-state index is 0.0567. The molecule has 1 amide bonds. The summed E-state index contributed by atoms with van der Waals surface area (Å²) in [5.41, 5.74) is 5.55. The van der Waals surface area contributed by atoms with Crippen molar-refractivity contribution in [1.82, 2.24) is 5.32 Å². The summed E-state index contributed by atoms with van der Waals surface area (Å²) in [5.74, 6) is 0.0567. The number of nitrogens with one attached hydrogen (secondary N) is 1. The van der Waals surface area contributed by atoms with Crippen molar-refractivity contribution >= 4 is 21.8 Å². The van der Waals surface area contributed by atoms with Crippen molar-refractivity contribution in [3.05, 3.63) is 11.1 Å². The second-order valence-electron chi connectivity index (χ2n) is 3.16. The van der Waals surface area contributed by atoms with Crippen LogP contribution in [0.5, 0.6) is 0 Å². The zero-order valence-electron chi connectivity index (χ0n) is 7.98. The molecule has 0 rings (SSSR count). The van der Waals surface area contributed by atoms with Crippen molar-refractivity contribution in [2.45, 2.75) is 32.2 Å². The largest absolute Gasteiger partial charge is 0.352 e. The van der Waals surface area contributed by atoms with Crippen molar-refractivity contribution in [3.63, 3.8) is 0 Å². The normalized spacial score (nSPS) is 12.2. The molecule has 0 heterocycles. The van der Waals surface area contributed by atoms with Crippen molar-refractivity contribution in [3.8, 4) is 0 Å². The van der Waals surface area contributed by atoms with Crippen molar-refractivity contribution in [2.24, 2.45) is 5.73 Å². The lowest BCUT2D eigenvalue weighted by Gasteiger charge is -2.05. The Hall–Kier alpha value is -0.350. The van der Waals surface area contributed by atoms with E-state index in [9.17, 15) is 4.79 Å². The van der Waals surface area contributed by atoms with E-state index < -0.39 is 0 Å². The molecule has 0 aromatic rings. The first-order valence-electron chi connectivity index (χ1n) is 4.38. The summed E-state index contributed by atoms with van der Waals surface area (Å²) in [6, 6.07) is 0.180. The molecule has 0 saturated carbocycles. The number of halogens is 1. The van der Waals surface area contributed by atoms with Gasteiger partial charge in [0.05, 0.1) is 0 Å². The van der Waals surface area contributed by atoms with E-state index in [1.54, 1.807) is 0 Å². The zero-order valence-corrected chi connectivity index (χ0v) is 9.56. The molecule has 0 aliphatic rings. The molecule has 1 unspecified atom stereocenters. The van der Waals surface area contributed by atoms with Crippen LogP contribution < -0.4 is 11.1 Å². The maximum Gasteiger partial charge on any atom is 0.220 e. The molecule has 0 aliphatic carbocycles. The minimum absolute atomic E-state index is 0.0567. The van der Waals surface area contributed by atoms with Crippen LogP contribution in [0.2, 0.25) is 0 Å². The lowest BCUT2D eigenvalue weighted by Crippen LogP contribution is -2.24. The van der Waals surface area contributed by atoms with E-state index in [2.05, 4.69) is 27.8 Å². The molecule has 0 radical (unpaired) electrons. The first kappa shape index (κ1) is 12.7. The predicted octanol–water partition coefficient (Wildman–Crippen LogP) is 1.53. The Morgan fingerprint density at radius 1 is 1.69 bits per heavy atom. The van der Waals surface area contributed by atoms with Gasteiger partial charge in [0.2, 0.25) is 5.91 Å². The van der Waals surface area contributed by atoms with Gasteiger partial charge in [-0.15, -0.1) is 0 Å². The fourth-order valence-electron chi connectivity index (χ4n) is 0.867. The topological polar surface area (TPSA) is 55.1 Å². The van der Waals surface area contributed by atoms with Crippen LogP contribution in [0.3, 0.4) is 0 Å². The second-order valence-corrected chi connectivity index (χ2v) is 4.28. The minimum Gasteiger partial charge on any atom is -0.352 e. The van der Waals surface area contributed by atoms with Gasteiger partial charge in [0.25, 0.3) is 0 Å². The van der Waals surface area contributed by atoms with E-state index in [0.717, 1.165) is 17.3 Å². The number of rotatable bonds is 6. The van der Waals surface area contributed by atoms with Gasteiger partial charge < -0.3 is 11.1 Å². The molecule has 13 heavy (non-hydrogen) atoms. The van der Waals surface area contributed by atoms with Gasteiger partial charge in [0.1, 0.15) is 0 Å². The van der Waals surface area contributed by atoms with E-state index in [0.29, 0.717) is 13.0 Å². The highest BCUT2D eigenvalue weighted by atomic mass is 79.9. The third kappa shape index (κ3) is 9.56. The summed E-state index contributed by atoms with van der Waals surface area (Å²) < 4.78 is 0.785. The Bertz CT molecular complexity index is 180. The molecular weight excluding hydrogens is 232 g/mol. The number of hydrogen-bond acceptors (Lipinski definition) is 2. The summed E-state index contributed by atoms with van der Waals surface area (Å²) in [6.07, 6.45) is 2.28. The maximum absolute atomic E-state index is 11.1. The Morgan fingerprint density at radius 3 is 2.77 bits per heavy atom. The van der Waals surface area contributed by atoms with Gasteiger partial charge in [-0.25, -0.2) is 0 Å². The van der Waals surface area contributed by atoms with Crippen LogP contribution in [0.4, 0.5) is 0 Å². The number of amides is 1. The SMILES string of the molecule is C=C(Br)CNC(=O)CCCC(C)N. The molecule has 3 N–H and O–H groups in total. The molecule has 76 valence electrons. The van der Waals surface area contributed by atoms with Gasteiger partial charge in [-0.1, -0.05) is 22.5 Å². The van der Waals surface area contributed by atoms with Gasteiger partial charge in [-0.2, -0.15) is 0 Å². The van der Waals surface area contributed by atoms with E-state index >= 15 is 0 Å². The summed E-state index contributed by atoms with van der Waals surface area (Å²) in [4.78, 5) is 11.1. The maximum atomic E-state index is 11.1. The molecule has 0 fully saturated rings. The van der Waals surface area contributed by atoms with E-state index in [1.165, 1.54) is 0 Å². The number of carbonyl (C=O) groups excluding carboxylic acids is 1. The highest BCUT2D eigenvalue weighted by Gasteiger charge is 2.01. The van der Waals surface area contributed by atoms with Gasteiger partial charge in [0, 0.05) is 23.5 Å². The molecule has 0 aromatic carbocycles.